The number of H-pyrrole nitrogens is 1. The molecule has 1 aromatic heterocycles. The number of hydrogen-bond donors (Lipinski definition) is 3. The highest BCUT2D eigenvalue weighted by Crippen LogP contribution is 2.48. The van der Waals surface area contributed by atoms with Gasteiger partial charge in [-0.1, -0.05) is 12.1 Å². The van der Waals surface area contributed by atoms with Gasteiger partial charge in [0, 0.05) is 31.5 Å². The Kier molecular flexibility index (Phi) is 4.67. The number of amides is 1. The van der Waals surface area contributed by atoms with E-state index in [2.05, 4.69) is 10.3 Å². The third-order valence-electron chi connectivity index (χ3n) is 6.08. The van der Waals surface area contributed by atoms with Crippen LogP contribution in [-0.2, 0) is 11.3 Å². The molecule has 2 aromatic rings. The number of nitrogens with zero attached hydrogens (tertiary/aromatic N) is 1. The van der Waals surface area contributed by atoms with E-state index in [-0.39, 0.29) is 43.0 Å². The quantitative estimate of drug-likeness (QED) is 0.700. The average Bonchev–Trinajstić information content (AvgIpc) is 3.23. The van der Waals surface area contributed by atoms with Gasteiger partial charge in [0.25, 0.3) is 5.56 Å². The van der Waals surface area contributed by atoms with Crippen molar-refractivity contribution in [3.05, 3.63) is 39.4 Å². The van der Waals surface area contributed by atoms with Crippen LogP contribution >= 0.6 is 12.2 Å². The second-order valence-corrected chi connectivity index (χ2v) is 7.84. The predicted molar refractivity (Wildman–Crippen MR) is 101 cm³/mol. The van der Waals surface area contributed by atoms with E-state index in [0.717, 1.165) is 19.3 Å². The van der Waals surface area contributed by atoms with Crippen molar-refractivity contribution in [3.63, 3.8) is 0 Å². The van der Waals surface area contributed by atoms with Crippen molar-refractivity contribution in [3.8, 4) is 0 Å². The first-order valence-electron chi connectivity index (χ1n) is 9.20. The van der Waals surface area contributed by atoms with Gasteiger partial charge in [0.2, 0.25) is 5.91 Å². The largest absolute Gasteiger partial charge is 0.396 e. The van der Waals surface area contributed by atoms with Crippen LogP contribution in [0.15, 0.2) is 29.1 Å². The summed E-state index contributed by atoms with van der Waals surface area (Å²) in [5.74, 6) is 1.10. The predicted octanol–water partition coefficient (Wildman–Crippen LogP) is 1.97. The number of aromatic amines is 1. The number of aliphatic hydroxyl groups is 1. The molecule has 0 radical (unpaired) electrons. The monoisotopic (exact) mass is 373 g/mol. The van der Waals surface area contributed by atoms with Gasteiger partial charge in [-0.3, -0.25) is 14.2 Å². The van der Waals surface area contributed by atoms with Crippen LogP contribution in [0.4, 0.5) is 0 Å². The molecule has 1 aromatic carbocycles. The minimum absolute atomic E-state index is 0.0640. The Morgan fingerprint density at radius 2 is 2.08 bits per heavy atom. The molecule has 138 valence electrons. The topological polar surface area (TPSA) is 87.1 Å². The van der Waals surface area contributed by atoms with Crippen LogP contribution in [0.3, 0.4) is 0 Å². The third-order valence-corrected chi connectivity index (χ3v) is 6.40. The van der Waals surface area contributed by atoms with Crippen LogP contribution in [0, 0.1) is 22.5 Å². The Labute approximate surface area is 156 Å². The van der Waals surface area contributed by atoms with Gasteiger partial charge in [-0.2, -0.15) is 0 Å². The Hall–Kier alpha value is -1.99. The number of carbonyl (C=O) groups excluding carboxylic acids is 1. The van der Waals surface area contributed by atoms with Gasteiger partial charge in [-0.15, -0.1) is 0 Å². The van der Waals surface area contributed by atoms with E-state index in [0.29, 0.717) is 27.5 Å². The summed E-state index contributed by atoms with van der Waals surface area (Å²) in [4.78, 5) is 28.1. The van der Waals surface area contributed by atoms with Gasteiger partial charge in [0.05, 0.1) is 10.9 Å². The Balaban J connectivity index is 1.46. The van der Waals surface area contributed by atoms with E-state index in [1.54, 1.807) is 6.07 Å². The van der Waals surface area contributed by atoms with E-state index < -0.39 is 0 Å². The summed E-state index contributed by atoms with van der Waals surface area (Å²) in [6, 6.07) is 7.28. The van der Waals surface area contributed by atoms with Crippen LogP contribution in [0.25, 0.3) is 10.9 Å². The molecule has 2 aliphatic rings. The Bertz CT molecular complexity index is 951. The molecule has 1 heterocycles. The van der Waals surface area contributed by atoms with Crippen molar-refractivity contribution in [1.82, 2.24) is 14.9 Å². The highest BCUT2D eigenvalue weighted by molar-refractivity contribution is 7.71. The smallest absolute Gasteiger partial charge is 0.262 e. The number of aromatic nitrogens is 2. The van der Waals surface area contributed by atoms with Crippen molar-refractivity contribution < 1.29 is 9.90 Å². The van der Waals surface area contributed by atoms with Crippen molar-refractivity contribution in [2.45, 2.75) is 38.3 Å². The second-order valence-electron chi connectivity index (χ2n) is 7.46. The number of aliphatic hydroxyl groups excluding tert-OH is 1. The van der Waals surface area contributed by atoms with Gasteiger partial charge in [-0.05, 0) is 55.4 Å². The molecule has 26 heavy (non-hydrogen) atoms. The molecule has 1 amide bonds. The van der Waals surface area contributed by atoms with Crippen molar-refractivity contribution in [2.24, 2.45) is 17.8 Å². The van der Waals surface area contributed by atoms with Gasteiger partial charge in [-0.25, -0.2) is 0 Å². The maximum atomic E-state index is 12.6. The van der Waals surface area contributed by atoms with Gasteiger partial charge < -0.3 is 15.4 Å². The van der Waals surface area contributed by atoms with E-state index in [4.69, 9.17) is 12.2 Å². The van der Waals surface area contributed by atoms with Crippen molar-refractivity contribution >= 4 is 29.0 Å². The summed E-state index contributed by atoms with van der Waals surface area (Å²) >= 11 is 5.29. The lowest BCUT2D eigenvalue weighted by molar-refractivity contribution is -0.122. The maximum absolute atomic E-state index is 12.6. The van der Waals surface area contributed by atoms with Crippen molar-refractivity contribution in [2.75, 3.05) is 6.61 Å². The third kappa shape index (κ3) is 2.99. The zero-order valence-electron chi connectivity index (χ0n) is 14.5. The highest BCUT2D eigenvalue weighted by Gasteiger charge is 2.47. The Morgan fingerprint density at radius 3 is 2.88 bits per heavy atom. The molecule has 2 saturated carbocycles. The molecule has 0 spiro atoms. The fourth-order valence-electron chi connectivity index (χ4n) is 4.77. The molecule has 2 aliphatic carbocycles. The number of carbonyl (C=O) groups is 1. The van der Waals surface area contributed by atoms with E-state index in [9.17, 15) is 14.7 Å². The molecule has 3 N–H and O–H groups in total. The van der Waals surface area contributed by atoms with Crippen LogP contribution < -0.4 is 10.9 Å². The van der Waals surface area contributed by atoms with E-state index in [1.165, 1.54) is 4.57 Å². The minimum Gasteiger partial charge on any atom is -0.396 e. The van der Waals surface area contributed by atoms with Crippen LogP contribution in [0.1, 0.15) is 25.7 Å². The number of benzene rings is 1. The summed E-state index contributed by atoms with van der Waals surface area (Å²) in [5.41, 5.74) is 0.529. The maximum Gasteiger partial charge on any atom is 0.262 e. The van der Waals surface area contributed by atoms with Crippen LogP contribution in [0.5, 0.6) is 0 Å². The highest BCUT2D eigenvalue weighted by atomic mass is 32.1. The normalized spacial score (nSPS) is 27.1. The zero-order chi connectivity index (χ0) is 18.3. The van der Waals surface area contributed by atoms with E-state index >= 15 is 0 Å². The molecular weight excluding hydrogens is 350 g/mol. The molecule has 2 fully saturated rings. The summed E-state index contributed by atoms with van der Waals surface area (Å²) in [7, 11) is 0. The first-order chi connectivity index (χ1) is 12.6. The lowest BCUT2D eigenvalue weighted by Gasteiger charge is -2.30. The van der Waals surface area contributed by atoms with Crippen molar-refractivity contribution in [1.29, 1.82) is 0 Å². The first-order valence-corrected chi connectivity index (χ1v) is 9.61. The Morgan fingerprint density at radius 1 is 1.31 bits per heavy atom. The summed E-state index contributed by atoms with van der Waals surface area (Å²) in [6.45, 7) is 0.372. The van der Waals surface area contributed by atoms with E-state index in [1.807, 2.05) is 18.2 Å². The lowest BCUT2D eigenvalue weighted by atomic mass is 9.85. The van der Waals surface area contributed by atoms with Gasteiger partial charge in [0.1, 0.15) is 0 Å². The molecule has 4 rings (SSSR count). The molecule has 0 saturated heterocycles. The zero-order valence-corrected chi connectivity index (χ0v) is 15.3. The standard InChI is InChI=1S/C19H23N3O3S/c23-10-14-11-5-6-12(9-11)17(14)21-16(24)7-8-22-18(25)13-3-1-2-4-15(13)20-19(22)26/h1-4,11-12,14,17,23H,5-10H2,(H,20,26)(H,21,24)/t11-,12-,14+,17-/m0/s1. The van der Waals surface area contributed by atoms with Gasteiger partial charge in [0.15, 0.2) is 4.77 Å². The van der Waals surface area contributed by atoms with Gasteiger partial charge >= 0.3 is 0 Å². The van der Waals surface area contributed by atoms with Crippen LogP contribution in [0.2, 0.25) is 0 Å². The molecule has 7 heteroatoms. The fourth-order valence-corrected chi connectivity index (χ4v) is 5.06. The van der Waals surface area contributed by atoms with Crippen LogP contribution in [-0.4, -0.2) is 33.2 Å². The minimum atomic E-state index is -0.176. The number of nitrogens with one attached hydrogen (secondary N) is 2. The molecule has 6 nitrogen and oxygen atoms in total. The number of rotatable bonds is 5. The lowest BCUT2D eigenvalue weighted by Crippen LogP contribution is -2.45. The summed E-state index contributed by atoms with van der Waals surface area (Å²) < 4.78 is 1.77. The second kappa shape index (κ2) is 6.96. The first kappa shape index (κ1) is 17.4. The molecule has 2 bridgehead atoms. The number of para-hydroxylation sites is 1. The summed E-state index contributed by atoms with van der Waals surface area (Å²) in [5, 5.41) is 13.3. The average molecular weight is 373 g/mol. The molecular formula is C19H23N3O3S. The molecule has 4 atom stereocenters. The summed E-state index contributed by atoms with van der Waals surface area (Å²) in [6.07, 6.45) is 3.58. The SMILES string of the molecule is O=C(CCn1c(=S)[nH]c2ccccc2c1=O)N[C@H]1[C@H]2CC[C@@H](C2)[C@H]1CO. The number of fused-ring (bicyclic) bond motifs is 3. The fraction of sp³-hybridized carbons (Fsp3) is 0.526. The molecule has 0 unspecified atom stereocenters. The number of hydrogen-bond acceptors (Lipinski definition) is 4. The molecule has 0 aliphatic heterocycles.